The molecule has 0 rings (SSSR count). The maximum Gasteiger partial charge on any atom is 0.306 e. The first-order chi connectivity index (χ1) is 41.0. The summed E-state index contributed by atoms with van der Waals surface area (Å²) >= 11 is 0. The Kier molecular flexibility index (Phi) is 68.2. The van der Waals surface area contributed by atoms with E-state index in [1.165, 1.54) is 218 Å². The summed E-state index contributed by atoms with van der Waals surface area (Å²) in [6.07, 6.45) is 94.6. The van der Waals surface area contributed by atoms with Crippen LogP contribution in [0.3, 0.4) is 0 Å². The Balaban J connectivity index is 4.29. The lowest BCUT2D eigenvalue weighted by Gasteiger charge is -2.18. The highest BCUT2D eigenvalue weighted by atomic mass is 16.6. The summed E-state index contributed by atoms with van der Waals surface area (Å²) in [5.74, 6) is -0.854. The maximum atomic E-state index is 13.0. The van der Waals surface area contributed by atoms with E-state index in [2.05, 4.69) is 106 Å². The zero-order chi connectivity index (χ0) is 59.9. The second kappa shape index (κ2) is 71.1. The van der Waals surface area contributed by atoms with Gasteiger partial charge in [0.05, 0.1) is 0 Å². The van der Waals surface area contributed by atoms with Crippen molar-refractivity contribution in [1.82, 2.24) is 0 Å². The van der Waals surface area contributed by atoms with Crippen molar-refractivity contribution in [2.24, 2.45) is 0 Å². The Hall–Kier alpha value is -3.41. The molecule has 6 heteroatoms. The summed E-state index contributed by atoms with van der Waals surface area (Å²) in [6, 6.07) is 0. The lowest BCUT2D eigenvalue weighted by molar-refractivity contribution is -0.167. The van der Waals surface area contributed by atoms with Gasteiger partial charge < -0.3 is 14.2 Å². The average molecular weight is 1160 g/mol. The van der Waals surface area contributed by atoms with E-state index in [1.807, 2.05) is 0 Å². The largest absolute Gasteiger partial charge is 0.462 e. The molecule has 0 heterocycles. The Bertz CT molecular complexity index is 1570. The van der Waals surface area contributed by atoms with E-state index in [0.29, 0.717) is 19.3 Å². The van der Waals surface area contributed by atoms with Crippen LogP contribution in [0.2, 0.25) is 0 Å². The van der Waals surface area contributed by atoms with E-state index in [0.717, 1.165) is 109 Å². The number of carbonyl (C=O) groups excluding carboxylic acids is 3. The molecule has 0 aromatic rings. The summed E-state index contributed by atoms with van der Waals surface area (Å²) < 4.78 is 17.0. The molecule has 0 N–H and O–H groups in total. The summed E-state index contributed by atoms with van der Waals surface area (Å²) in [4.78, 5) is 38.5. The van der Waals surface area contributed by atoms with Crippen LogP contribution in [0.25, 0.3) is 0 Å². The SMILES string of the molecule is CC/C=C\C/C=C\C/C=C\C/C=C\C/C=C\C/C=C\C/C=C\CCCCCCCCCCCC(=O)OCC(COC(=O)CCCCCCCCCCCCCCCCCC)OC(=O)CCCCCCCCCCCCCCCCCCCC. The Morgan fingerprint density at radius 1 is 0.253 bits per heavy atom. The van der Waals surface area contributed by atoms with Gasteiger partial charge in [0.15, 0.2) is 6.10 Å². The monoisotopic (exact) mass is 1160 g/mol. The number of allylic oxidation sites excluding steroid dienone is 14. The molecule has 0 aliphatic rings. The van der Waals surface area contributed by atoms with Crippen molar-refractivity contribution in [3.05, 3.63) is 85.1 Å². The summed E-state index contributed by atoms with van der Waals surface area (Å²) in [6.45, 7) is 6.59. The zero-order valence-electron chi connectivity index (χ0n) is 55.2. The maximum absolute atomic E-state index is 13.0. The van der Waals surface area contributed by atoms with Crippen LogP contribution >= 0.6 is 0 Å². The zero-order valence-corrected chi connectivity index (χ0v) is 55.2. The minimum absolute atomic E-state index is 0.0718. The van der Waals surface area contributed by atoms with Crippen LogP contribution in [-0.2, 0) is 28.6 Å². The molecule has 0 aromatic carbocycles. The van der Waals surface area contributed by atoms with Crippen molar-refractivity contribution in [3.8, 4) is 0 Å². The van der Waals surface area contributed by atoms with Crippen LogP contribution in [0.15, 0.2) is 85.1 Å². The van der Waals surface area contributed by atoms with E-state index < -0.39 is 6.10 Å². The number of hydrogen-bond acceptors (Lipinski definition) is 6. The first-order valence-corrected chi connectivity index (χ1v) is 36.1. The lowest BCUT2D eigenvalue weighted by Crippen LogP contribution is -2.30. The third-order valence-corrected chi connectivity index (χ3v) is 15.9. The second-order valence-electron chi connectivity index (χ2n) is 24.1. The Morgan fingerprint density at radius 2 is 0.470 bits per heavy atom. The van der Waals surface area contributed by atoms with Crippen LogP contribution in [0.5, 0.6) is 0 Å². The molecule has 83 heavy (non-hydrogen) atoms. The van der Waals surface area contributed by atoms with Gasteiger partial charge in [-0.15, -0.1) is 0 Å². The van der Waals surface area contributed by atoms with E-state index in [4.69, 9.17) is 14.2 Å². The molecule has 0 amide bonds. The number of ether oxygens (including phenoxy) is 3. The van der Waals surface area contributed by atoms with Gasteiger partial charge in [0.2, 0.25) is 0 Å². The highest BCUT2D eigenvalue weighted by Crippen LogP contribution is 2.18. The van der Waals surface area contributed by atoms with Gasteiger partial charge in [0.1, 0.15) is 13.2 Å². The van der Waals surface area contributed by atoms with E-state index in [-0.39, 0.29) is 31.1 Å². The van der Waals surface area contributed by atoms with E-state index in [9.17, 15) is 14.4 Å². The predicted octanol–water partition coefficient (Wildman–Crippen LogP) is 25.0. The third kappa shape index (κ3) is 69.3. The normalized spacial score (nSPS) is 12.6. The van der Waals surface area contributed by atoms with Gasteiger partial charge in [-0.05, 0) is 77.0 Å². The first kappa shape index (κ1) is 79.6. The smallest absolute Gasteiger partial charge is 0.306 e. The van der Waals surface area contributed by atoms with Gasteiger partial charge in [0.25, 0.3) is 0 Å². The molecule has 0 aliphatic heterocycles. The van der Waals surface area contributed by atoms with Gasteiger partial charge in [-0.3, -0.25) is 14.4 Å². The number of unbranched alkanes of at least 4 members (excludes halogenated alkanes) is 41. The quantitative estimate of drug-likeness (QED) is 0.0261. The standard InChI is InChI=1S/C77H136O6/c1-4-7-10-13-16-19-22-25-28-31-33-34-35-36-37-38-39-40-41-42-43-44-45-47-49-52-55-58-61-64-67-70-76(79)82-73-74(72-81-75(78)69-66-63-60-57-54-51-48-30-27-24-21-18-15-12-9-6-3)83-77(80)71-68-65-62-59-56-53-50-46-32-29-26-23-20-17-14-11-8-5-2/h7,10,16,19,25,28,33-34,36-37,39-40,42-43,74H,4-6,8-9,11-15,17-18,20-24,26-27,29-32,35,38,41,44-73H2,1-3H3/b10-7-,19-16-,28-25-,34-33-,37-36-,40-39-,43-42-. The van der Waals surface area contributed by atoms with Crippen molar-refractivity contribution in [2.75, 3.05) is 13.2 Å². The molecule has 0 aliphatic carbocycles. The van der Waals surface area contributed by atoms with Gasteiger partial charge in [-0.1, -0.05) is 356 Å². The molecule has 0 saturated heterocycles. The first-order valence-electron chi connectivity index (χ1n) is 36.1. The minimum atomic E-state index is -0.777. The molecule has 0 saturated carbocycles. The topological polar surface area (TPSA) is 78.9 Å². The van der Waals surface area contributed by atoms with Crippen LogP contribution in [0, 0.1) is 0 Å². The molecule has 1 unspecified atom stereocenters. The van der Waals surface area contributed by atoms with Crippen LogP contribution < -0.4 is 0 Å². The fourth-order valence-electron chi connectivity index (χ4n) is 10.5. The van der Waals surface area contributed by atoms with Gasteiger partial charge in [0, 0.05) is 19.3 Å². The number of carbonyl (C=O) groups is 3. The molecular weight excluding hydrogens is 1020 g/mol. The molecule has 0 aromatic heterocycles. The second-order valence-corrected chi connectivity index (χ2v) is 24.1. The summed E-state index contributed by atoms with van der Waals surface area (Å²) in [5, 5.41) is 0. The molecule has 0 radical (unpaired) electrons. The summed E-state index contributed by atoms with van der Waals surface area (Å²) in [7, 11) is 0. The minimum Gasteiger partial charge on any atom is -0.462 e. The molecule has 1 atom stereocenters. The van der Waals surface area contributed by atoms with Gasteiger partial charge in [-0.25, -0.2) is 0 Å². The fourth-order valence-corrected chi connectivity index (χ4v) is 10.5. The van der Waals surface area contributed by atoms with E-state index in [1.54, 1.807) is 0 Å². The van der Waals surface area contributed by atoms with Crippen molar-refractivity contribution in [1.29, 1.82) is 0 Å². The molecule has 480 valence electrons. The molecule has 0 bridgehead atoms. The summed E-state index contributed by atoms with van der Waals surface area (Å²) in [5.41, 5.74) is 0. The number of hydrogen-bond donors (Lipinski definition) is 0. The van der Waals surface area contributed by atoms with Crippen LogP contribution in [0.4, 0.5) is 0 Å². The molecule has 0 fully saturated rings. The fraction of sp³-hybridized carbons (Fsp3) is 0.779. The van der Waals surface area contributed by atoms with Crippen molar-refractivity contribution >= 4 is 17.9 Å². The van der Waals surface area contributed by atoms with Gasteiger partial charge in [-0.2, -0.15) is 0 Å². The Morgan fingerprint density at radius 3 is 0.735 bits per heavy atom. The highest BCUT2D eigenvalue weighted by molar-refractivity contribution is 5.71. The van der Waals surface area contributed by atoms with Crippen molar-refractivity contribution in [2.45, 2.75) is 374 Å². The van der Waals surface area contributed by atoms with E-state index >= 15 is 0 Å². The molecular formula is C77H136O6. The molecule has 0 spiro atoms. The number of rotatable bonds is 66. The van der Waals surface area contributed by atoms with Gasteiger partial charge >= 0.3 is 17.9 Å². The van der Waals surface area contributed by atoms with Crippen LogP contribution in [0.1, 0.15) is 367 Å². The Labute approximate surface area is 515 Å². The predicted molar refractivity (Wildman–Crippen MR) is 362 cm³/mol. The van der Waals surface area contributed by atoms with Crippen LogP contribution in [-0.4, -0.2) is 37.2 Å². The number of esters is 3. The highest BCUT2D eigenvalue weighted by Gasteiger charge is 2.19. The molecule has 6 nitrogen and oxygen atoms in total. The van der Waals surface area contributed by atoms with Crippen molar-refractivity contribution in [3.63, 3.8) is 0 Å². The average Bonchev–Trinajstić information content (AvgIpc) is 3.49. The lowest BCUT2D eigenvalue weighted by atomic mass is 10.0. The third-order valence-electron chi connectivity index (χ3n) is 15.9. The van der Waals surface area contributed by atoms with Crippen molar-refractivity contribution < 1.29 is 28.6 Å².